The lowest BCUT2D eigenvalue weighted by atomic mass is 9.93. The summed E-state index contributed by atoms with van der Waals surface area (Å²) in [5.41, 5.74) is 4.17. The monoisotopic (exact) mass is 428 g/mol. The lowest BCUT2D eigenvalue weighted by Gasteiger charge is -2.26. The molecule has 0 radical (unpaired) electrons. The van der Waals surface area contributed by atoms with E-state index in [-0.39, 0.29) is 11.3 Å². The Morgan fingerprint density at radius 1 is 1.00 bits per heavy atom. The average Bonchev–Trinajstić information content (AvgIpc) is 3.06. The molecule has 2 heterocycles. The molecule has 1 atom stereocenters. The maximum atomic E-state index is 13.3. The molecule has 1 aromatic heterocycles. The van der Waals surface area contributed by atoms with Gasteiger partial charge >= 0.3 is 0 Å². The first kappa shape index (κ1) is 21.3. The van der Waals surface area contributed by atoms with Crippen molar-refractivity contribution in [1.82, 2.24) is 4.98 Å². The third kappa shape index (κ3) is 3.43. The van der Waals surface area contributed by atoms with Gasteiger partial charge < -0.3 is 9.84 Å². The van der Waals surface area contributed by atoms with Crippen LogP contribution in [0, 0.1) is 20.8 Å². The maximum Gasteiger partial charge on any atom is 0.300 e. The average molecular weight is 428 g/mol. The molecular formula is C26H24N2O4. The smallest absolute Gasteiger partial charge is 0.300 e. The molecule has 1 aliphatic rings. The van der Waals surface area contributed by atoms with Gasteiger partial charge in [-0.3, -0.25) is 19.5 Å². The lowest BCUT2D eigenvalue weighted by Crippen LogP contribution is -2.30. The molecule has 1 aliphatic heterocycles. The first-order chi connectivity index (χ1) is 15.3. The number of benzene rings is 2. The summed E-state index contributed by atoms with van der Waals surface area (Å²) >= 11 is 0. The minimum absolute atomic E-state index is 0.0407. The molecular weight excluding hydrogens is 404 g/mol. The number of nitrogens with zero attached hydrogens (tertiary/aromatic N) is 2. The highest BCUT2D eigenvalue weighted by Gasteiger charge is 2.47. The van der Waals surface area contributed by atoms with E-state index in [2.05, 4.69) is 4.98 Å². The zero-order valence-corrected chi connectivity index (χ0v) is 18.4. The molecule has 0 aliphatic carbocycles. The van der Waals surface area contributed by atoms with Gasteiger partial charge in [-0.25, -0.2) is 0 Å². The van der Waals surface area contributed by atoms with Crippen LogP contribution in [0.25, 0.3) is 5.76 Å². The van der Waals surface area contributed by atoms with Gasteiger partial charge in [-0.15, -0.1) is 0 Å². The number of hydrogen-bond donors (Lipinski definition) is 1. The van der Waals surface area contributed by atoms with Crippen molar-refractivity contribution >= 4 is 23.1 Å². The Morgan fingerprint density at radius 3 is 2.41 bits per heavy atom. The van der Waals surface area contributed by atoms with E-state index in [9.17, 15) is 14.7 Å². The van der Waals surface area contributed by atoms with Gasteiger partial charge in [-0.1, -0.05) is 24.3 Å². The summed E-state index contributed by atoms with van der Waals surface area (Å²) in [6.07, 6.45) is 3.24. The number of para-hydroxylation sites is 1. The maximum absolute atomic E-state index is 13.3. The molecule has 2 aromatic carbocycles. The number of ketones is 1. The van der Waals surface area contributed by atoms with Gasteiger partial charge in [0.05, 0.1) is 18.7 Å². The summed E-state index contributed by atoms with van der Waals surface area (Å²) in [4.78, 5) is 32.1. The number of ether oxygens (including phenoxy) is 1. The van der Waals surface area contributed by atoms with E-state index in [1.54, 1.807) is 49.8 Å². The van der Waals surface area contributed by atoms with Gasteiger partial charge in [-0.05, 0) is 67.3 Å². The summed E-state index contributed by atoms with van der Waals surface area (Å²) in [5.74, 6) is -0.940. The van der Waals surface area contributed by atoms with E-state index < -0.39 is 17.7 Å². The minimum atomic E-state index is -0.799. The number of amides is 1. The molecule has 32 heavy (non-hydrogen) atoms. The number of aryl methyl sites for hydroxylation is 3. The molecule has 6 nitrogen and oxygen atoms in total. The van der Waals surface area contributed by atoms with Crippen molar-refractivity contribution in [2.75, 3.05) is 12.0 Å². The molecule has 162 valence electrons. The number of pyridine rings is 1. The topological polar surface area (TPSA) is 79.7 Å². The number of carbonyl (C=O) groups excluding carboxylic acids is 2. The van der Waals surface area contributed by atoms with E-state index in [0.29, 0.717) is 22.6 Å². The van der Waals surface area contributed by atoms with Crippen molar-refractivity contribution in [3.63, 3.8) is 0 Å². The third-order valence-corrected chi connectivity index (χ3v) is 5.82. The molecule has 1 saturated heterocycles. The van der Waals surface area contributed by atoms with Gasteiger partial charge in [0.25, 0.3) is 11.7 Å². The number of aliphatic hydroxyl groups is 1. The second-order valence-electron chi connectivity index (χ2n) is 7.88. The summed E-state index contributed by atoms with van der Waals surface area (Å²) < 4.78 is 5.37. The second kappa shape index (κ2) is 8.30. The highest BCUT2D eigenvalue weighted by atomic mass is 16.5. The summed E-state index contributed by atoms with van der Waals surface area (Å²) in [6.45, 7) is 5.57. The summed E-state index contributed by atoms with van der Waals surface area (Å²) in [7, 11) is 1.58. The van der Waals surface area contributed by atoms with Crippen molar-refractivity contribution in [3.05, 3.63) is 94.3 Å². The Morgan fingerprint density at radius 2 is 1.75 bits per heavy atom. The molecule has 1 fully saturated rings. The van der Waals surface area contributed by atoms with Crippen molar-refractivity contribution in [3.8, 4) is 5.75 Å². The van der Waals surface area contributed by atoms with Crippen LogP contribution in [0.3, 0.4) is 0 Å². The molecule has 6 heteroatoms. The second-order valence-corrected chi connectivity index (χ2v) is 7.88. The molecule has 1 unspecified atom stereocenters. The van der Waals surface area contributed by atoms with Gasteiger partial charge in [0, 0.05) is 23.6 Å². The van der Waals surface area contributed by atoms with Crippen LogP contribution in [0.15, 0.2) is 66.5 Å². The van der Waals surface area contributed by atoms with Crippen LogP contribution in [0.2, 0.25) is 0 Å². The fourth-order valence-corrected chi connectivity index (χ4v) is 4.18. The number of aromatic nitrogens is 1. The number of Topliss-reactive ketones (excluding diaryl/α,β-unsaturated/α-hetero) is 1. The standard InChI is InChI=1S/C26H24N2O4/c1-15-8-5-6-10-20(15)28-23(18-9-7-11-27-14-18)22(25(30)26(28)31)24(29)19-12-17(3)21(32-4)13-16(19)2/h5-14,23,29H,1-4H3/b24-22+. The van der Waals surface area contributed by atoms with E-state index in [0.717, 1.165) is 16.7 Å². The van der Waals surface area contributed by atoms with Crippen LogP contribution >= 0.6 is 0 Å². The number of aliphatic hydroxyl groups excluding tert-OH is 1. The molecule has 0 bridgehead atoms. The lowest BCUT2D eigenvalue weighted by molar-refractivity contribution is -0.132. The fraction of sp³-hybridized carbons (Fsp3) is 0.192. The largest absolute Gasteiger partial charge is 0.507 e. The van der Waals surface area contributed by atoms with E-state index in [4.69, 9.17) is 4.74 Å². The van der Waals surface area contributed by atoms with Crippen LogP contribution in [0.1, 0.15) is 33.9 Å². The van der Waals surface area contributed by atoms with Crippen LogP contribution in [-0.4, -0.2) is 28.9 Å². The van der Waals surface area contributed by atoms with Crippen molar-refractivity contribution in [2.24, 2.45) is 0 Å². The van der Waals surface area contributed by atoms with E-state index in [1.807, 2.05) is 39.0 Å². The van der Waals surface area contributed by atoms with Crippen molar-refractivity contribution < 1.29 is 19.4 Å². The molecule has 4 rings (SSSR count). The Labute approximate surface area is 186 Å². The van der Waals surface area contributed by atoms with Crippen molar-refractivity contribution in [2.45, 2.75) is 26.8 Å². The number of rotatable bonds is 4. The van der Waals surface area contributed by atoms with E-state index in [1.165, 1.54) is 4.90 Å². The van der Waals surface area contributed by atoms with Crippen LogP contribution < -0.4 is 9.64 Å². The quantitative estimate of drug-likeness (QED) is 0.372. The molecule has 0 saturated carbocycles. The first-order valence-electron chi connectivity index (χ1n) is 10.3. The van der Waals surface area contributed by atoms with Gasteiger partial charge in [-0.2, -0.15) is 0 Å². The van der Waals surface area contributed by atoms with Crippen molar-refractivity contribution in [1.29, 1.82) is 0 Å². The number of anilines is 1. The molecule has 1 amide bonds. The highest BCUT2D eigenvalue weighted by Crippen LogP contribution is 2.43. The molecule has 3 aromatic rings. The Kier molecular flexibility index (Phi) is 5.53. The van der Waals surface area contributed by atoms with Crippen LogP contribution in [-0.2, 0) is 9.59 Å². The number of carbonyl (C=O) groups is 2. The predicted molar refractivity (Wildman–Crippen MR) is 123 cm³/mol. The zero-order chi connectivity index (χ0) is 23.0. The van der Waals surface area contributed by atoms with Crippen LogP contribution in [0.4, 0.5) is 5.69 Å². The fourth-order valence-electron chi connectivity index (χ4n) is 4.18. The third-order valence-electron chi connectivity index (χ3n) is 5.82. The SMILES string of the molecule is COc1cc(C)c(/C(O)=C2\C(=O)C(=O)N(c3ccccc3C)C2c2cccnc2)cc1C. The van der Waals surface area contributed by atoms with Gasteiger partial charge in [0.1, 0.15) is 11.5 Å². The van der Waals surface area contributed by atoms with Gasteiger partial charge in [0.2, 0.25) is 0 Å². The molecule has 0 spiro atoms. The normalized spacial score (nSPS) is 17.6. The van der Waals surface area contributed by atoms with Gasteiger partial charge in [0.15, 0.2) is 0 Å². The number of methoxy groups -OCH3 is 1. The number of hydrogen-bond acceptors (Lipinski definition) is 5. The zero-order valence-electron chi connectivity index (χ0n) is 18.4. The molecule has 1 N–H and O–H groups in total. The highest BCUT2D eigenvalue weighted by molar-refractivity contribution is 6.51. The Hall–Kier alpha value is -3.93. The Balaban J connectivity index is 1.98. The van der Waals surface area contributed by atoms with E-state index >= 15 is 0 Å². The predicted octanol–water partition coefficient (Wildman–Crippen LogP) is 4.64. The first-order valence-corrected chi connectivity index (χ1v) is 10.3. The van der Waals surface area contributed by atoms with Crippen LogP contribution in [0.5, 0.6) is 5.75 Å². The minimum Gasteiger partial charge on any atom is -0.507 e. The Bertz CT molecular complexity index is 1250. The summed E-state index contributed by atoms with van der Waals surface area (Å²) in [5, 5.41) is 11.4. The summed E-state index contributed by atoms with van der Waals surface area (Å²) in [6, 6.07) is 13.7.